The number of nitrogen functional groups attached to an aromatic ring is 1. The zero-order valence-electron chi connectivity index (χ0n) is 14.6. The summed E-state index contributed by atoms with van der Waals surface area (Å²) in [6.07, 6.45) is 0. The summed E-state index contributed by atoms with van der Waals surface area (Å²) in [5.74, 6) is -0.228. The van der Waals surface area contributed by atoms with Gasteiger partial charge in [-0.2, -0.15) is 5.10 Å². The Kier molecular flexibility index (Phi) is 4.74. The fourth-order valence-corrected chi connectivity index (χ4v) is 4.53. The van der Waals surface area contributed by atoms with E-state index in [0.29, 0.717) is 27.6 Å². The lowest BCUT2D eigenvalue weighted by atomic mass is 9.99. The molecule has 0 fully saturated rings. The Morgan fingerprint density at radius 3 is 2.10 bits per heavy atom. The predicted molar refractivity (Wildman–Crippen MR) is 113 cm³/mol. The topological polar surface area (TPSA) is 115 Å². The average molecular weight is 451 g/mol. The van der Waals surface area contributed by atoms with E-state index in [1.807, 2.05) is 0 Å². The number of halogens is 3. The van der Waals surface area contributed by atoms with Crippen LogP contribution >= 0.6 is 23.2 Å². The molecule has 0 aliphatic carbocycles. The summed E-state index contributed by atoms with van der Waals surface area (Å²) in [4.78, 5) is -0.251. The summed E-state index contributed by atoms with van der Waals surface area (Å²) in [7, 11) is -3.99. The maximum Gasteiger partial charge on any atom is 0.239 e. The van der Waals surface area contributed by atoms with Crippen LogP contribution in [0.5, 0.6) is 0 Å². The molecule has 0 radical (unpaired) electrons. The fraction of sp³-hybridized carbons (Fsp3) is 0. The van der Waals surface area contributed by atoms with Gasteiger partial charge in [0.25, 0.3) is 0 Å². The highest BCUT2D eigenvalue weighted by atomic mass is 35.5. The minimum Gasteiger partial charge on any atom is -0.382 e. The third-order valence-corrected chi connectivity index (χ3v) is 6.51. The van der Waals surface area contributed by atoms with Crippen LogP contribution in [0.15, 0.2) is 53.4 Å². The van der Waals surface area contributed by atoms with Crippen molar-refractivity contribution < 1.29 is 12.8 Å². The van der Waals surface area contributed by atoms with E-state index in [-0.39, 0.29) is 26.3 Å². The highest BCUT2D eigenvalue weighted by molar-refractivity contribution is 7.89. The minimum atomic E-state index is -3.99. The summed E-state index contributed by atoms with van der Waals surface area (Å²) >= 11 is 12.3. The quantitative estimate of drug-likeness (QED) is 0.423. The Morgan fingerprint density at radius 2 is 1.48 bits per heavy atom. The number of hydrogen-bond donors (Lipinski definition) is 3. The van der Waals surface area contributed by atoms with Crippen LogP contribution in [0.3, 0.4) is 0 Å². The van der Waals surface area contributed by atoms with Gasteiger partial charge in [0.15, 0.2) is 11.6 Å². The third-order valence-electron chi connectivity index (χ3n) is 4.57. The number of nitrogens with two attached hydrogens (primary N) is 2. The van der Waals surface area contributed by atoms with Crippen molar-refractivity contribution in [3.63, 3.8) is 0 Å². The van der Waals surface area contributed by atoms with Crippen LogP contribution in [0.2, 0.25) is 10.0 Å². The number of hydrogen-bond acceptors (Lipinski definition) is 4. The normalized spacial score (nSPS) is 11.9. The molecule has 0 saturated carbocycles. The van der Waals surface area contributed by atoms with E-state index in [1.54, 1.807) is 36.4 Å². The van der Waals surface area contributed by atoms with Crippen molar-refractivity contribution in [3.05, 3.63) is 64.4 Å². The number of primary sulfonamides is 1. The van der Waals surface area contributed by atoms with Gasteiger partial charge in [0, 0.05) is 16.5 Å². The molecule has 4 rings (SSSR count). The second kappa shape index (κ2) is 7.00. The molecule has 29 heavy (non-hydrogen) atoms. The summed E-state index contributed by atoms with van der Waals surface area (Å²) in [5, 5.41) is 12.0. The number of benzene rings is 3. The first kappa shape index (κ1) is 19.7. The first-order chi connectivity index (χ1) is 13.7. The summed E-state index contributed by atoms with van der Waals surface area (Å²) in [5.41, 5.74) is 8.14. The number of nitrogens with zero attached hydrogens (tertiary/aromatic N) is 1. The SMILES string of the molecule is Nc1n[nH]c2c(F)c(-c3ccc(-c4ccc(S(N)(=O)=O)c(Cl)c4Cl)cc3)ccc12. The van der Waals surface area contributed by atoms with E-state index >= 15 is 0 Å². The van der Waals surface area contributed by atoms with Crippen molar-refractivity contribution in [3.8, 4) is 22.3 Å². The van der Waals surface area contributed by atoms with Gasteiger partial charge in [-0.1, -0.05) is 59.6 Å². The van der Waals surface area contributed by atoms with Crippen LogP contribution in [0.25, 0.3) is 33.2 Å². The van der Waals surface area contributed by atoms with Crippen LogP contribution in [0, 0.1) is 5.82 Å². The molecule has 1 heterocycles. The summed E-state index contributed by atoms with van der Waals surface area (Å²) in [6, 6.07) is 13.0. The summed E-state index contributed by atoms with van der Waals surface area (Å²) < 4.78 is 38.0. The molecule has 0 amide bonds. The first-order valence-corrected chi connectivity index (χ1v) is 10.5. The number of H-pyrrole nitrogens is 1. The molecular weight excluding hydrogens is 438 g/mol. The molecule has 148 valence electrons. The second-order valence-corrected chi connectivity index (χ2v) is 8.61. The molecule has 3 aromatic carbocycles. The second-order valence-electron chi connectivity index (χ2n) is 6.32. The van der Waals surface area contributed by atoms with Crippen LogP contribution < -0.4 is 10.9 Å². The Bertz CT molecular complexity index is 1370. The largest absolute Gasteiger partial charge is 0.382 e. The minimum absolute atomic E-state index is 0.0616. The van der Waals surface area contributed by atoms with Crippen LogP contribution in [-0.2, 0) is 10.0 Å². The maximum absolute atomic E-state index is 14.8. The first-order valence-electron chi connectivity index (χ1n) is 8.22. The molecule has 5 N–H and O–H groups in total. The Labute approximate surface area is 175 Å². The van der Waals surface area contributed by atoms with Gasteiger partial charge >= 0.3 is 0 Å². The standard InChI is InChI=1S/C19H13Cl2FN4O2S/c20-15-11(7-8-14(16(15)21)29(24,27)28)9-1-3-10(4-2-9)12-5-6-13-18(17(12)22)25-26-19(13)23/h1-8H,(H3,23,25,26)(H2,24,27,28). The predicted octanol–water partition coefficient (Wildman–Crippen LogP) is 4.57. The molecule has 0 aliphatic rings. The lowest BCUT2D eigenvalue weighted by Gasteiger charge is -2.11. The van der Waals surface area contributed by atoms with Crippen LogP contribution in [0.4, 0.5) is 10.2 Å². The van der Waals surface area contributed by atoms with Gasteiger partial charge < -0.3 is 5.73 Å². The molecule has 0 atom stereocenters. The van der Waals surface area contributed by atoms with Gasteiger partial charge in [-0.05, 0) is 23.3 Å². The molecule has 0 unspecified atom stereocenters. The molecule has 0 spiro atoms. The van der Waals surface area contributed by atoms with Gasteiger partial charge in [0.05, 0.1) is 10.0 Å². The third kappa shape index (κ3) is 3.34. The van der Waals surface area contributed by atoms with Gasteiger partial charge in [0.1, 0.15) is 10.4 Å². The molecule has 1 aromatic heterocycles. The molecular formula is C19H13Cl2FN4O2S. The van der Waals surface area contributed by atoms with Crippen molar-refractivity contribution in [2.75, 3.05) is 5.73 Å². The van der Waals surface area contributed by atoms with E-state index < -0.39 is 15.8 Å². The summed E-state index contributed by atoms with van der Waals surface area (Å²) in [6.45, 7) is 0. The zero-order chi connectivity index (χ0) is 20.9. The van der Waals surface area contributed by atoms with Crippen molar-refractivity contribution in [2.24, 2.45) is 5.14 Å². The Balaban J connectivity index is 1.76. The highest BCUT2D eigenvalue weighted by Gasteiger charge is 2.19. The monoisotopic (exact) mass is 450 g/mol. The zero-order valence-corrected chi connectivity index (χ0v) is 16.9. The maximum atomic E-state index is 14.8. The number of fused-ring (bicyclic) bond motifs is 1. The molecule has 0 bridgehead atoms. The van der Waals surface area contributed by atoms with E-state index in [1.165, 1.54) is 12.1 Å². The molecule has 6 nitrogen and oxygen atoms in total. The smallest absolute Gasteiger partial charge is 0.239 e. The van der Waals surface area contributed by atoms with Crippen molar-refractivity contribution >= 4 is 49.9 Å². The molecule has 4 aromatic rings. The lowest BCUT2D eigenvalue weighted by Crippen LogP contribution is -2.12. The van der Waals surface area contributed by atoms with Crippen molar-refractivity contribution in [1.29, 1.82) is 0 Å². The Morgan fingerprint density at radius 1 is 0.897 bits per heavy atom. The van der Waals surface area contributed by atoms with Crippen LogP contribution in [0.1, 0.15) is 0 Å². The number of aromatic amines is 1. The molecule has 0 saturated heterocycles. The van der Waals surface area contributed by atoms with Crippen molar-refractivity contribution in [2.45, 2.75) is 4.90 Å². The van der Waals surface area contributed by atoms with E-state index in [4.69, 9.17) is 34.1 Å². The number of nitrogens with one attached hydrogen (secondary N) is 1. The average Bonchev–Trinajstić information content (AvgIpc) is 3.05. The Hall–Kier alpha value is -2.65. The molecule has 10 heteroatoms. The number of sulfonamides is 1. The van der Waals surface area contributed by atoms with Crippen LogP contribution in [-0.4, -0.2) is 18.6 Å². The van der Waals surface area contributed by atoms with E-state index in [0.717, 1.165) is 0 Å². The van der Waals surface area contributed by atoms with Gasteiger partial charge in [0.2, 0.25) is 10.0 Å². The number of rotatable bonds is 3. The number of aromatic nitrogens is 2. The number of anilines is 1. The van der Waals surface area contributed by atoms with E-state index in [9.17, 15) is 12.8 Å². The van der Waals surface area contributed by atoms with Gasteiger partial charge in [-0.25, -0.2) is 17.9 Å². The fourth-order valence-electron chi connectivity index (χ4n) is 3.10. The lowest BCUT2D eigenvalue weighted by molar-refractivity contribution is 0.598. The van der Waals surface area contributed by atoms with E-state index in [2.05, 4.69) is 10.2 Å². The van der Waals surface area contributed by atoms with Crippen molar-refractivity contribution in [1.82, 2.24) is 10.2 Å². The van der Waals surface area contributed by atoms with Gasteiger partial charge in [-0.15, -0.1) is 0 Å². The molecule has 0 aliphatic heterocycles. The van der Waals surface area contributed by atoms with Gasteiger partial charge in [-0.3, -0.25) is 5.10 Å². The highest BCUT2D eigenvalue weighted by Crippen LogP contribution is 2.38.